The molecule has 0 bridgehead atoms. The van der Waals surface area contributed by atoms with Crippen LogP contribution in [-0.4, -0.2) is 56.5 Å². The Morgan fingerprint density at radius 3 is 2.63 bits per heavy atom. The molecule has 1 aromatic carbocycles. The summed E-state index contributed by atoms with van der Waals surface area (Å²) in [7, 11) is 0. The molecule has 35 heavy (non-hydrogen) atoms. The number of hydrogen-bond donors (Lipinski definition) is 2. The van der Waals surface area contributed by atoms with Gasteiger partial charge in [0.15, 0.2) is 11.5 Å². The Hall–Kier alpha value is -2.89. The molecule has 1 aliphatic heterocycles. The summed E-state index contributed by atoms with van der Waals surface area (Å²) in [5, 5.41) is 6.17. The molecule has 0 unspecified atom stereocenters. The third kappa shape index (κ3) is 6.22. The highest BCUT2D eigenvalue weighted by molar-refractivity contribution is 14.1. The lowest BCUT2D eigenvalue weighted by molar-refractivity contribution is 0.0500. The normalized spacial score (nSPS) is 14.7. The number of amides is 2. The lowest BCUT2D eigenvalue weighted by Gasteiger charge is -2.32. The first-order valence-electron chi connectivity index (χ1n) is 11.7. The molecular weight excluding hydrogens is 559 g/mol. The summed E-state index contributed by atoms with van der Waals surface area (Å²) in [5.41, 5.74) is 2.69. The maximum Gasteiger partial charge on any atom is 0.407 e. The lowest BCUT2D eigenvalue weighted by atomic mass is 9.96. The number of benzene rings is 1. The number of carbonyl (C=O) groups excluding carboxylic acids is 2. The predicted molar refractivity (Wildman–Crippen MR) is 143 cm³/mol. The molecule has 2 amide bonds. The molecule has 1 saturated heterocycles. The van der Waals surface area contributed by atoms with Crippen LogP contribution in [0.1, 0.15) is 49.5 Å². The van der Waals surface area contributed by atoms with E-state index < -0.39 is 11.7 Å². The van der Waals surface area contributed by atoms with E-state index in [0.717, 1.165) is 33.4 Å². The number of alkyl carbamates (subject to hydrolysis) is 1. The number of imidazole rings is 1. The van der Waals surface area contributed by atoms with Crippen LogP contribution in [0, 0.1) is 16.5 Å². The minimum atomic E-state index is -0.509. The Kier molecular flexibility index (Phi) is 7.48. The van der Waals surface area contributed by atoms with Gasteiger partial charge in [0.25, 0.3) is 5.91 Å². The molecule has 0 atom stereocenters. The van der Waals surface area contributed by atoms with Gasteiger partial charge in [0.05, 0.1) is 6.20 Å². The average Bonchev–Trinajstić information content (AvgIpc) is 3.18. The van der Waals surface area contributed by atoms with E-state index in [9.17, 15) is 9.59 Å². The Bertz CT molecular complexity index is 1230. The molecule has 186 valence electrons. The molecule has 0 spiro atoms. The van der Waals surface area contributed by atoms with Crippen molar-refractivity contribution in [1.29, 1.82) is 0 Å². The van der Waals surface area contributed by atoms with Crippen molar-refractivity contribution in [3.05, 3.63) is 51.6 Å². The van der Waals surface area contributed by atoms with Crippen LogP contribution in [0.4, 0.5) is 16.3 Å². The highest BCUT2D eigenvalue weighted by Gasteiger charge is 2.25. The third-order valence-electron chi connectivity index (χ3n) is 5.94. The monoisotopic (exact) mass is 590 g/mol. The number of carbonyl (C=O) groups is 2. The minimum absolute atomic E-state index is 0.0376. The number of halogens is 1. The van der Waals surface area contributed by atoms with Crippen molar-refractivity contribution in [3.63, 3.8) is 0 Å². The van der Waals surface area contributed by atoms with E-state index in [-0.39, 0.29) is 5.91 Å². The first-order chi connectivity index (χ1) is 16.6. The molecular formula is C25H31IN6O3. The van der Waals surface area contributed by atoms with Gasteiger partial charge < -0.3 is 20.3 Å². The first kappa shape index (κ1) is 25.2. The van der Waals surface area contributed by atoms with Crippen LogP contribution in [0.25, 0.3) is 5.65 Å². The second-order valence-corrected chi connectivity index (χ2v) is 10.9. The molecule has 3 aromatic rings. The molecule has 10 heteroatoms. The second kappa shape index (κ2) is 10.4. The zero-order valence-electron chi connectivity index (χ0n) is 20.5. The summed E-state index contributed by atoms with van der Waals surface area (Å²) in [6.45, 7) is 9.39. The SMILES string of the molecule is Cc1cc(Nc2nccn3c(I)cnc23)ccc1C(=O)N1CCC(CNC(=O)OC(C)(C)C)CC1. The van der Waals surface area contributed by atoms with Crippen molar-refractivity contribution in [2.45, 2.75) is 46.1 Å². The molecule has 9 nitrogen and oxygen atoms in total. The van der Waals surface area contributed by atoms with Gasteiger partial charge in [-0.3, -0.25) is 9.20 Å². The molecule has 0 aliphatic carbocycles. The molecule has 2 N–H and O–H groups in total. The highest BCUT2D eigenvalue weighted by atomic mass is 127. The van der Waals surface area contributed by atoms with Crippen LogP contribution in [0.2, 0.25) is 0 Å². The molecule has 1 aliphatic rings. The summed E-state index contributed by atoms with van der Waals surface area (Å²) >= 11 is 2.23. The van der Waals surface area contributed by atoms with Crippen LogP contribution in [0.15, 0.2) is 36.8 Å². The molecule has 3 heterocycles. The Morgan fingerprint density at radius 1 is 1.20 bits per heavy atom. The fourth-order valence-electron chi connectivity index (χ4n) is 4.15. The van der Waals surface area contributed by atoms with Gasteiger partial charge in [-0.05, 0) is 92.8 Å². The first-order valence-corrected chi connectivity index (χ1v) is 12.8. The van der Waals surface area contributed by atoms with Crippen LogP contribution in [0.3, 0.4) is 0 Å². The van der Waals surface area contributed by atoms with Gasteiger partial charge in [0.2, 0.25) is 0 Å². The van der Waals surface area contributed by atoms with E-state index >= 15 is 0 Å². The van der Waals surface area contributed by atoms with Crippen LogP contribution < -0.4 is 10.6 Å². The van der Waals surface area contributed by atoms with E-state index in [4.69, 9.17) is 4.74 Å². The van der Waals surface area contributed by atoms with Gasteiger partial charge in [-0.2, -0.15) is 0 Å². The van der Waals surface area contributed by atoms with Crippen molar-refractivity contribution < 1.29 is 14.3 Å². The zero-order chi connectivity index (χ0) is 25.2. The van der Waals surface area contributed by atoms with Gasteiger partial charge >= 0.3 is 6.09 Å². The number of ether oxygens (including phenoxy) is 1. The third-order valence-corrected chi connectivity index (χ3v) is 6.74. The standard InChI is InChI=1S/C25H31IN6O3/c1-16-13-18(30-21-22-28-15-20(26)32(22)12-9-27-21)5-6-19(16)23(33)31-10-7-17(8-11-31)14-29-24(34)35-25(2,3)4/h5-6,9,12-13,15,17H,7-8,10-11,14H2,1-4H3,(H,27,30)(H,29,34). The minimum Gasteiger partial charge on any atom is -0.444 e. The van der Waals surface area contributed by atoms with Crippen molar-refractivity contribution in [2.75, 3.05) is 25.0 Å². The average molecular weight is 590 g/mol. The second-order valence-electron chi connectivity index (χ2n) is 9.82. The van der Waals surface area contributed by atoms with Gasteiger partial charge in [-0.1, -0.05) is 0 Å². The smallest absolute Gasteiger partial charge is 0.407 e. The largest absolute Gasteiger partial charge is 0.444 e. The Morgan fingerprint density at radius 2 is 1.94 bits per heavy atom. The number of aromatic nitrogens is 3. The number of fused-ring (bicyclic) bond motifs is 1. The van der Waals surface area contributed by atoms with Crippen molar-refractivity contribution >= 4 is 51.7 Å². The molecule has 0 saturated carbocycles. The fourth-order valence-corrected chi connectivity index (χ4v) is 4.68. The molecule has 0 radical (unpaired) electrons. The number of piperidine rings is 1. The summed E-state index contributed by atoms with van der Waals surface area (Å²) in [5.74, 6) is 1.03. The zero-order valence-corrected chi connectivity index (χ0v) is 22.6. The number of nitrogens with zero attached hydrogens (tertiary/aromatic N) is 4. The van der Waals surface area contributed by atoms with E-state index in [2.05, 4.69) is 43.2 Å². The number of rotatable bonds is 5. The number of anilines is 2. The number of hydrogen-bond acceptors (Lipinski definition) is 6. The number of nitrogens with one attached hydrogen (secondary N) is 2. The van der Waals surface area contributed by atoms with Gasteiger partial charge in [-0.25, -0.2) is 14.8 Å². The van der Waals surface area contributed by atoms with Crippen molar-refractivity contribution in [2.24, 2.45) is 5.92 Å². The van der Waals surface area contributed by atoms with E-state index in [1.54, 1.807) is 12.4 Å². The van der Waals surface area contributed by atoms with Gasteiger partial charge in [-0.15, -0.1) is 0 Å². The summed E-state index contributed by atoms with van der Waals surface area (Å²) < 4.78 is 8.27. The van der Waals surface area contributed by atoms with E-state index in [1.165, 1.54) is 0 Å². The highest BCUT2D eigenvalue weighted by Crippen LogP contribution is 2.25. The molecule has 4 rings (SSSR count). The van der Waals surface area contributed by atoms with Crippen LogP contribution in [0.5, 0.6) is 0 Å². The van der Waals surface area contributed by atoms with Gasteiger partial charge in [0, 0.05) is 43.3 Å². The van der Waals surface area contributed by atoms with Gasteiger partial charge in [0.1, 0.15) is 9.30 Å². The quantitative estimate of drug-likeness (QED) is 0.416. The van der Waals surface area contributed by atoms with Crippen molar-refractivity contribution in [1.82, 2.24) is 24.6 Å². The van der Waals surface area contributed by atoms with Crippen molar-refractivity contribution in [3.8, 4) is 0 Å². The maximum absolute atomic E-state index is 13.2. The fraction of sp³-hybridized carbons (Fsp3) is 0.440. The Balaban J connectivity index is 1.33. The Labute approximate surface area is 218 Å². The van der Waals surface area contributed by atoms with E-state index in [0.29, 0.717) is 36.9 Å². The maximum atomic E-state index is 13.2. The number of likely N-dealkylation sites (tertiary alicyclic amines) is 1. The predicted octanol–water partition coefficient (Wildman–Crippen LogP) is 4.76. The topological polar surface area (TPSA) is 101 Å². The number of aryl methyl sites for hydroxylation is 1. The summed E-state index contributed by atoms with van der Waals surface area (Å²) in [6.07, 6.45) is 6.70. The van der Waals surface area contributed by atoms with Crippen LogP contribution >= 0.6 is 22.6 Å². The van der Waals surface area contributed by atoms with Crippen LogP contribution in [-0.2, 0) is 4.74 Å². The molecule has 1 fully saturated rings. The lowest BCUT2D eigenvalue weighted by Crippen LogP contribution is -2.42. The summed E-state index contributed by atoms with van der Waals surface area (Å²) in [4.78, 5) is 35.8. The van der Waals surface area contributed by atoms with E-state index in [1.807, 2.05) is 61.4 Å². The summed E-state index contributed by atoms with van der Waals surface area (Å²) in [6, 6.07) is 5.73. The molecule has 2 aromatic heterocycles.